The maximum absolute atomic E-state index is 11.2. The van der Waals surface area contributed by atoms with Gasteiger partial charge in [0.25, 0.3) is 0 Å². The Hall–Kier alpha value is -0.770. The summed E-state index contributed by atoms with van der Waals surface area (Å²) in [7, 11) is 0. The van der Waals surface area contributed by atoms with Crippen molar-refractivity contribution in [3.63, 3.8) is 0 Å². The summed E-state index contributed by atoms with van der Waals surface area (Å²) in [5.74, 6) is -1.07. The summed E-state index contributed by atoms with van der Waals surface area (Å²) >= 11 is 0. The van der Waals surface area contributed by atoms with Crippen LogP contribution in [0.3, 0.4) is 0 Å². The first-order valence-electron chi connectivity index (χ1n) is 6.23. The van der Waals surface area contributed by atoms with Gasteiger partial charge in [-0.2, -0.15) is 0 Å². The van der Waals surface area contributed by atoms with Gasteiger partial charge < -0.3 is 30.3 Å². The molecule has 8 nitrogen and oxygen atoms in total. The monoisotopic (exact) mass is 277 g/mol. The largest absolute Gasteiger partial charge is 0.480 e. The number of aliphatic hydroxyl groups is 4. The van der Waals surface area contributed by atoms with Gasteiger partial charge in [-0.05, 0) is 12.8 Å². The van der Waals surface area contributed by atoms with E-state index in [4.69, 9.17) is 14.9 Å². The van der Waals surface area contributed by atoms with E-state index in [1.165, 1.54) is 4.90 Å². The van der Waals surface area contributed by atoms with Gasteiger partial charge in [-0.15, -0.1) is 0 Å². The smallest absolute Gasteiger partial charge is 0.321 e. The average molecular weight is 277 g/mol. The van der Waals surface area contributed by atoms with Crippen LogP contribution in [0.1, 0.15) is 12.8 Å². The number of rotatable bonds is 4. The molecule has 0 aromatic heterocycles. The molecule has 2 aliphatic rings. The van der Waals surface area contributed by atoms with Gasteiger partial charge in [-0.3, -0.25) is 9.69 Å². The second-order valence-corrected chi connectivity index (χ2v) is 4.97. The van der Waals surface area contributed by atoms with Crippen LogP contribution in [0.15, 0.2) is 0 Å². The Labute approximate surface area is 109 Å². The number of carboxylic acid groups (broad SMARTS) is 1. The summed E-state index contributed by atoms with van der Waals surface area (Å²) in [5, 5.41) is 47.7. The van der Waals surface area contributed by atoms with Crippen molar-refractivity contribution in [2.45, 2.75) is 42.9 Å². The molecule has 2 heterocycles. The molecule has 2 aliphatic heterocycles. The number of hydrogen-bond donors (Lipinski definition) is 5. The van der Waals surface area contributed by atoms with Crippen molar-refractivity contribution >= 4 is 5.97 Å². The molecule has 0 saturated carbocycles. The fraction of sp³-hybridized carbons (Fsp3) is 0.909. The van der Waals surface area contributed by atoms with Crippen molar-refractivity contribution in [3.8, 4) is 0 Å². The van der Waals surface area contributed by atoms with E-state index in [1.54, 1.807) is 0 Å². The fourth-order valence-corrected chi connectivity index (χ4v) is 2.95. The number of hydrogen-bond acceptors (Lipinski definition) is 7. The molecule has 0 aliphatic carbocycles. The van der Waals surface area contributed by atoms with Gasteiger partial charge >= 0.3 is 5.97 Å². The van der Waals surface area contributed by atoms with Gasteiger partial charge in [0.2, 0.25) is 0 Å². The van der Waals surface area contributed by atoms with Crippen molar-refractivity contribution in [2.24, 2.45) is 0 Å². The number of ether oxygens (including phenoxy) is 1. The molecule has 5 N–H and O–H groups in total. The molecule has 1 unspecified atom stereocenters. The third kappa shape index (κ3) is 2.14. The molecule has 0 spiro atoms. The van der Waals surface area contributed by atoms with E-state index in [9.17, 15) is 20.1 Å². The van der Waals surface area contributed by atoms with Crippen LogP contribution in [-0.4, -0.2) is 86.2 Å². The minimum absolute atomic E-state index is 0.333. The van der Waals surface area contributed by atoms with Crippen LogP contribution in [0, 0.1) is 0 Å². The van der Waals surface area contributed by atoms with Crippen molar-refractivity contribution in [1.29, 1.82) is 0 Å². The molecule has 2 fully saturated rings. The molecule has 0 radical (unpaired) electrons. The summed E-state index contributed by atoms with van der Waals surface area (Å²) in [4.78, 5) is 12.6. The minimum Gasteiger partial charge on any atom is -0.480 e. The summed E-state index contributed by atoms with van der Waals surface area (Å²) in [6, 6.07) is -0.883. The van der Waals surface area contributed by atoms with Crippen LogP contribution in [-0.2, 0) is 9.53 Å². The zero-order valence-electron chi connectivity index (χ0n) is 10.3. The molecule has 0 aromatic rings. The topological polar surface area (TPSA) is 131 Å². The second kappa shape index (κ2) is 5.31. The van der Waals surface area contributed by atoms with Gasteiger partial charge in [-0.25, -0.2) is 0 Å². The Morgan fingerprint density at radius 3 is 2.53 bits per heavy atom. The normalized spacial score (nSPS) is 43.8. The fourth-order valence-electron chi connectivity index (χ4n) is 2.95. The van der Waals surface area contributed by atoms with Crippen LogP contribution in [0.4, 0.5) is 0 Å². The summed E-state index contributed by atoms with van der Waals surface area (Å²) in [6.07, 6.45) is -2.92. The highest BCUT2D eigenvalue weighted by atomic mass is 16.6. The number of nitrogens with zero attached hydrogens (tertiary/aromatic N) is 1. The Morgan fingerprint density at radius 2 is 2.05 bits per heavy atom. The Kier molecular flexibility index (Phi) is 4.09. The molecule has 0 aromatic carbocycles. The standard InChI is InChI=1S/C11H19NO7/c13-4-7-8(15)9(16)11(5-14,19-7)12-3-1-2-6(12)10(17)18/h6-9,13-16H,1-5H2,(H,17,18)/t6-,7+,8+,9-,11?/m0/s1. The van der Waals surface area contributed by atoms with Crippen molar-refractivity contribution in [1.82, 2.24) is 4.90 Å². The van der Waals surface area contributed by atoms with Gasteiger partial charge in [0.15, 0.2) is 5.72 Å². The molecule has 8 heteroatoms. The lowest BCUT2D eigenvalue weighted by Crippen LogP contribution is -2.62. The van der Waals surface area contributed by atoms with Crippen LogP contribution >= 0.6 is 0 Å². The van der Waals surface area contributed by atoms with Crippen molar-refractivity contribution in [2.75, 3.05) is 19.8 Å². The predicted molar refractivity (Wildman–Crippen MR) is 61.2 cm³/mol. The molecule has 2 rings (SSSR count). The maximum atomic E-state index is 11.2. The lowest BCUT2D eigenvalue weighted by Gasteiger charge is -2.41. The Morgan fingerprint density at radius 1 is 1.37 bits per heavy atom. The van der Waals surface area contributed by atoms with E-state index in [-0.39, 0.29) is 0 Å². The van der Waals surface area contributed by atoms with E-state index in [0.29, 0.717) is 19.4 Å². The van der Waals surface area contributed by atoms with Gasteiger partial charge in [0.05, 0.1) is 13.2 Å². The van der Waals surface area contributed by atoms with E-state index in [2.05, 4.69) is 0 Å². The molecular weight excluding hydrogens is 258 g/mol. The van der Waals surface area contributed by atoms with E-state index >= 15 is 0 Å². The highest BCUT2D eigenvalue weighted by Gasteiger charge is 2.59. The number of carboxylic acids is 1. The third-order valence-corrected chi connectivity index (χ3v) is 3.95. The van der Waals surface area contributed by atoms with Crippen LogP contribution in [0.5, 0.6) is 0 Å². The summed E-state index contributed by atoms with van der Waals surface area (Å²) < 4.78 is 5.40. The molecule has 19 heavy (non-hydrogen) atoms. The number of carbonyl (C=O) groups is 1. The second-order valence-electron chi connectivity index (χ2n) is 4.97. The van der Waals surface area contributed by atoms with Crippen molar-refractivity contribution in [3.05, 3.63) is 0 Å². The molecule has 2 saturated heterocycles. The predicted octanol–water partition coefficient (Wildman–Crippen LogP) is -2.66. The highest BCUT2D eigenvalue weighted by Crippen LogP contribution is 2.38. The van der Waals surface area contributed by atoms with E-state index in [1.807, 2.05) is 0 Å². The first kappa shape index (κ1) is 14.6. The summed E-state index contributed by atoms with van der Waals surface area (Å²) in [6.45, 7) is -0.851. The number of aliphatic hydroxyl groups excluding tert-OH is 4. The zero-order valence-corrected chi connectivity index (χ0v) is 10.3. The lowest BCUT2D eigenvalue weighted by molar-refractivity contribution is -0.214. The number of likely N-dealkylation sites (tertiary alicyclic amines) is 1. The minimum atomic E-state index is -1.67. The van der Waals surface area contributed by atoms with E-state index in [0.717, 1.165) is 0 Å². The van der Waals surface area contributed by atoms with Gasteiger partial charge in [0, 0.05) is 6.54 Å². The van der Waals surface area contributed by atoms with Crippen molar-refractivity contribution < 1.29 is 35.1 Å². The summed E-state index contributed by atoms with van der Waals surface area (Å²) in [5.41, 5.74) is -1.67. The molecular formula is C11H19NO7. The SMILES string of the molecule is O=C(O)[C@@H]1CCCN1C1(CO)O[C@H](CO)[C@@H](O)[C@@H]1O. The molecule has 5 atom stereocenters. The molecule has 0 bridgehead atoms. The van der Waals surface area contributed by atoms with Crippen LogP contribution < -0.4 is 0 Å². The highest BCUT2D eigenvalue weighted by molar-refractivity contribution is 5.74. The Bertz CT molecular complexity index is 352. The van der Waals surface area contributed by atoms with Gasteiger partial charge in [0.1, 0.15) is 24.4 Å². The van der Waals surface area contributed by atoms with Crippen LogP contribution in [0.2, 0.25) is 0 Å². The van der Waals surface area contributed by atoms with Crippen LogP contribution in [0.25, 0.3) is 0 Å². The Balaban J connectivity index is 2.30. The quantitative estimate of drug-likeness (QED) is 0.376. The molecule has 110 valence electrons. The van der Waals surface area contributed by atoms with Gasteiger partial charge in [-0.1, -0.05) is 0 Å². The number of aliphatic carboxylic acids is 1. The van der Waals surface area contributed by atoms with E-state index < -0.39 is 49.3 Å². The first-order chi connectivity index (χ1) is 8.97. The molecule has 0 amide bonds. The zero-order chi connectivity index (χ0) is 14.2. The third-order valence-electron chi connectivity index (χ3n) is 3.95. The maximum Gasteiger partial charge on any atom is 0.321 e. The lowest BCUT2D eigenvalue weighted by atomic mass is 10.0. The first-order valence-corrected chi connectivity index (χ1v) is 6.23. The average Bonchev–Trinajstić information content (AvgIpc) is 2.96.